The van der Waals surface area contributed by atoms with Crippen LogP contribution >= 0.6 is 15.9 Å². The second kappa shape index (κ2) is 7.79. The number of methoxy groups -OCH3 is 1. The molecule has 0 fully saturated rings. The van der Waals surface area contributed by atoms with Crippen LogP contribution in [-0.2, 0) is 11.3 Å². The smallest absolute Gasteiger partial charge is 0.0589 e. The molecule has 1 heterocycles. The highest BCUT2D eigenvalue weighted by Gasteiger charge is 2.04. The monoisotopic (exact) mass is 272 g/mol. The Morgan fingerprint density at radius 3 is 2.93 bits per heavy atom. The van der Waals surface area contributed by atoms with Gasteiger partial charge in [-0.2, -0.15) is 0 Å². The van der Waals surface area contributed by atoms with E-state index in [1.807, 2.05) is 12.3 Å². The van der Waals surface area contributed by atoms with E-state index in [9.17, 15) is 0 Å². The number of hydrogen-bond acceptors (Lipinski definition) is 3. The van der Waals surface area contributed by atoms with Crippen LogP contribution in [0.4, 0.5) is 0 Å². The first kappa shape index (κ1) is 12.6. The highest BCUT2D eigenvalue weighted by atomic mass is 79.9. The number of alkyl halides is 1. The average Bonchev–Trinajstić information content (AvgIpc) is 2.28. The Labute approximate surface area is 99.6 Å². The van der Waals surface area contributed by atoms with Crippen molar-refractivity contribution in [3.05, 3.63) is 30.1 Å². The van der Waals surface area contributed by atoms with Crippen molar-refractivity contribution < 1.29 is 4.74 Å². The van der Waals surface area contributed by atoms with Crippen LogP contribution in [0.5, 0.6) is 0 Å². The van der Waals surface area contributed by atoms with Crippen LogP contribution < -0.4 is 0 Å². The summed E-state index contributed by atoms with van der Waals surface area (Å²) < 4.78 is 5.08. The second-order valence-electron chi connectivity index (χ2n) is 3.32. The minimum Gasteiger partial charge on any atom is -0.383 e. The summed E-state index contributed by atoms with van der Waals surface area (Å²) in [5.41, 5.74) is 1.24. The molecule has 0 aliphatic rings. The standard InChI is InChI=1S/C11H17BrN2O/c1-15-8-7-14(6-4-12)10-11-3-2-5-13-9-11/h2-3,5,9H,4,6-8,10H2,1H3. The first-order chi connectivity index (χ1) is 7.36. The summed E-state index contributed by atoms with van der Waals surface area (Å²) in [6.07, 6.45) is 3.71. The Kier molecular flexibility index (Phi) is 6.55. The zero-order valence-corrected chi connectivity index (χ0v) is 10.6. The molecule has 4 heteroatoms. The van der Waals surface area contributed by atoms with Crippen LogP contribution in [0.25, 0.3) is 0 Å². The summed E-state index contributed by atoms with van der Waals surface area (Å²) in [5.74, 6) is 0. The van der Waals surface area contributed by atoms with E-state index >= 15 is 0 Å². The number of nitrogens with zero attached hydrogens (tertiary/aromatic N) is 2. The Morgan fingerprint density at radius 1 is 1.47 bits per heavy atom. The molecule has 0 saturated carbocycles. The van der Waals surface area contributed by atoms with E-state index in [2.05, 4.69) is 31.9 Å². The van der Waals surface area contributed by atoms with Gasteiger partial charge in [-0.1, -0.05) is 22.0 Å². The van der Waals surface area contributed by atoms with Gasteiger partial charge in [0.25, 0.3) is 0 Å². The van der Waals surface area contributed by atoms with Crippen molar-refractivity contribution in [3.63, 3.8) is 0 Å². The lowest BCUT2D eigenvalue weighted by Gasteiger charge is -2.20. The molecule has 3 nitrogen and oxygen atoms in total. The first-order valence-corrected chi connectivity index (χ1v) is 6.15. The first-order valence-electron chi connectivity index (χ1n) is 5.03. The number of hydrogen-bond donors (Lipinski definition) is 0. The van der Waals surface area contributed by atoms with Gasteiger partial charge < -0.3 is 4.74 Å². The van der Waals surface area contributed by atoms with Gasteiger partial charge in [0, 0.05) is 44.5 Å². The molecule has 0 N–H and O–H groups in total. The van der Waals surface area contributed by atoms with Crippen LogP contribution in [0, 0.1) is 0 Å². The van der Waals surface area contributed by atoms with Crippen LogP contribution in [0.15, 0.2) is 24.5 Å². The topological polar surface area (TPSA) is 25.4 Å². The summed E-state index contributed by atoms with van der Waals surface area (Å²) in [6, 6.07) is 4.07. The molecule has 84 valence electrons. The zero-order valence-electron chi connectivity index (χ0n) is 9.03. The third-order valence-electron chi connectivity index (χ3n) is 2.14. The summed E-state index contributed by atoms with van der Waals surface area (Å²) >= 11 is 3.46. The Balaban J connectivity index is 2.43. The summed E-state index contributed by atoms with van der Waals surface area (Å²) in [6.45, 7) is 3.69. The van der Waals surface area contributed by atoms with E-state index in [1.54, 1.807) is 13.3 Å². The summed E-state index contributed by atoms with van der Waals surface area (Å²) in [5, 5.41) is 0.983. The molecule has 1 rings (SSSR count). The molecule has 0 saturated heterocycles. The van der Waals surface area contributed by atoms with Crippen molar-refractivity contribution in [1.82, 2.24) is 9.88 Å². The molecule has 1 aromatic rings. The van der Waals surface area contributed by atoms with Gasteiger partial charge in [0.15, 0.2) is 0 Å². The molecule has 0 radical (unpaired) electrons. The Morgan fingerprint density at radius 2 is 2.33 bits per heavy atom. The van der Waals surface area contributed by atoms with E-state index < -0.39 is 0 Å². The fourth-order valence-corrected chi connectivity index (χ4v) is 1.86. The number of pyridine rings is 1. The maximum absolute atomic E-state index is 5.08. The molecule has 0 spiro atoms. The normalized spacial score (nSPS) is 10.9. The average molecular weight is 273 g/mol. The fraction of sp³-hybridized carbons (Fsp3) is 0.545. The fourth-order valence-electron chi connectivity index (χ4n) is 1.36. The van der Waals surface area contributed by atoms with Crippen molar-refractivity contribution >= 4 is 15.9 Å². The predicted molar refractivity (Wildman–Crippen MR) is 65.2 cm³/mol. The van der Waals surface area contributed by atoms with Gasteiger partial charge in [-0.05, 0) is 11.6 Å². The second-order valence-corrected chi connectivity index (χ2v) is 4.11. The van der Waals surface area contributed by atoms with Gasteiger partial charge in [-0.15, -0.1) is 0 Å². The molecule has 0 aliphatic heterocycles. The van der Waals surface area contributed by atoms with Gasteiger partial charge in [0.2, 0.25) is 0 Å². The molecule has 0 aromatic carbocycles. The van der Waals surface area contributed by atoms with Gasteiger partial charge in [0.05, 0.1) is 6.61 Å². The van der Waals surface area contributed by atoms with Gasteiger partial charge in [-0.25, -0.2) is 0 Å². The molecular weight excluding hydrogens is 256 g/mol. The maximum Gasteiger partial charge on any atom is 0.0589 e. The number of halogens is 1. The van der Waals surface area contributed by atoms with Gasteiger partial charge >= 0.3 is 0 Å². The van der Waals surface area contributed by atoms with E-state index in [0.717, 1.165) is 31.6 Å². The molecule has 0 amide bonds. The Bertz CT molecular complexity index is 256. The minimum atomic E-state index is 0.771. The van der Waals surface area contributed by atoms with Crippen LogP contribution in [-0.4, -0.2) is 42.0 Å². The minimum absolute atomic E-state index is 0.771. The third-order valence-corrected chi connectivity index (χ3v) is 2.50. The summed E-state index contributed by atoms with van der Waals surface area (Å²) in [7, 11) is 1.73. The van der Waals surface area contributed by atoms with Crippen molar-refractivity contribution in [2.75, 3.05) is 32.1 Å². The lowest BCUT2D eigenvalue weighted by Crippen LogP contribution is -2.28. The highest BCUT2D eigenvalue weighted by molar-refractivity contribution is 9.09. The van der Waals surface area contributed by atoms with Crippen molar-refractivity contribution in [3.8, 4) is 0 Å². The molecule has 1 aromatic heterocycles. The molecule has 0 unspecified atom stereocenters. The van der Waals surface area contributed by atoms with E-state index in [0.29, 0.717) is 0 Å². The highest BCUT2D eigenvalue weighted by Crippen LogP contribution is 2.03. The zero-order chi connectivity index (χ0) is 10.9. The van der Waals surface area contributed by atoms with Crippen LogP contribution in [0.1, 0.15) is 5.56 Å². The SMILES string of the molecule is COCCN(CCBr)Cc1cccnc1. The van der Waals surface area contributed by atoms with Gasteiger partial charge in [-0.3, -0.25) is 9.88 Å². The number of rotatable bonds is 7. The molecule has 0 bridgehead atoms. The lowest BCUT2D eigenvalue weighted by molar-refractivity contribution is 0.148. The predicted octanol–water partition coefficient (Wildman–Crippen LogP) is 1.92. The summed E-state index contributed by atoms with van der Waals surface area (Å²) in [4.78, 5) is 6.45. The van der Waals surface area contributed by atoms with Crippen LogP contribution in [0.2, 0.25) is 0 Å². The maximum atomic E-state index is 5.08. The molecule has 0 aliphatic carbocycles. The van der Waals surface area contributed by atoms with Crippen molar-refractivity contribution in [2.45, 2.75) is 6.54 Å². The largest absolute Gasteiger partial charge is 0.383 e. The van der Waals surface area contributed by atoms with E-state index in [1.165, 1.54) is 5.56 Å². The van der Waals surface area contributed by atoms with E-state index in [-0.39, 0.29) is 0 Å². The van der Waals surface area contributed by atoms with Crippen molar-refractivity contribution in [2.24, 2.45) is 0 Å². The molecule has 0 atom stereocenters. The number of aromatic nitrogens is 1. The third kappa shape index (κ3) is 5.25. The molecule has 15 heavy (non-hydrogen) atoms. The van der Waals surface area contributed by atoms with Crippen molar-refractivity contribution in [1.29, 1.82) is 0 Å². The van der Waals surface area contributed by atoms with Gasteiger partial charge in [0.1, 0.15) is 0 Å². The quantitative estimate of drug-likeness (QED) is 0.710. The van der Waals surface area contributed by atoms with Crippen LogP contribution in [0.3, 0.4) is 0 Å². The Hall–Kier alpha value is -0.450. The molecular formula is C11H17BrN2O. The lowest BCUT2D eigenvalue weighted by atomic mass is 10.2. The number of ether oxygens (including phenoxy) is 1. The van der Waals surface area contributed by atoms with E-state index in [4.69, 9.17) is 4.74 Å².